The van der Waals surface area contributed by atoms with Crippen LogP contribution in [-0.2, 0) is 4.79 Å². The molecule has 1 unspecified atom stereocenters. The van der Waals surface area contributed by atoms with Gasteiger partial charge in [-0.05, 0) is 24.1 Å². The van der Waals surface area contributed by atoms with Crippen molar-refractivity contribution in [1.29, 1.82) is 5.26 Å². The van der Waals surface area contributed by atoms with E-state index in [0.717, 1.165) is 12.0 Å². The molecule has 1 rings (SSSR count). The second-order valence-electron chi connectivity index (χ2n) is 4.44. The van der Waals surface area contributed by atoms with E-state index in [1.165, 1.54) is 0 Å². The molecule has 0 N–H and O–H groups in total. The van der Waals surface area contributed by atoms with E-state index in [9.17, 15) is 4.79 Å². The van der Waals surface area contributed by atoms with E-state index < -0.39 is 11.3 Å². The molecule has 0 aliphatic heterocycles. The van der Waals surface area contributed by atoms with E-state index in [4.69, 9.17) is 5.26 Å². The molecule has 0 fully saturated rings. The lowest BCUT2D eigenvalue weighted by Gasteiger charge is -2.23. The van der Waals surface area contributed by atoms with Gasteiger partial charge >= 0.3 is 0 Å². The van der Waals surface area contributed by atoms with E-state index in [2.05, 4.69) is 11.1 Å². The Morgan fingerprint density at radius 3 is 2.50 bits per heavy atom. The zero-order valence-corrected chi connectivity index (χ0v) is 9.90. The molecule has 0 spiro atoms. The van der Waals surface area contributed by atoms with Gasteiger partial charge in [-0.1, -0.05) is 20.8 Å². The standard InChI is InChI=1S/C13H16N2O/c1-4-13(2,3)12(16)11(9-14)10-5-7-15-8-6-10/h5-8,11H,4H2,1-3H3. The van der Waals surface area contributed by atoms with Gasteiger partial charge in [-0.2, -0.15) is 5.26 Å². The minimum Gasteiger partial charge on any atom is -0.297 e. The number of hydrogen-bond donors (Lipinski definition) is 0. The largest absolute Gasteiger partial charge is 0.297 e. The van der Waals surface area contributed by atoms with Gasteiger partial charge in [0.2, 0.25) is 0 Å². The first-order chi connectivity index (χ1) is 7.53. The maximum Gasteiger partial charge on any atom is 0.160 e. The average molecular weight is 216 g/mol. The van der Waals surface area contributed by atoms with Crippen LogP contribution < -0.4 is 0 Å². The molecule has 0 saturated heterocycles. The quantitative estimate of drug-likeness (QED) is 0.777. The minimum atomic E-state index is -0.682. The van der Waals surface area contributed by atoms with E-state index in [-0.39, 0.29) is 5.78 Å². The highest BCUT2D eigenvalue weighted by Gasteiger charge is 2.33. The molecule has 84 valence electrons. The summed E-state index contributed by atoms with van der Waals surface area (Å²) in [6.45, 7) is 5.71. The Bertz CT molecular complexity index is 404. The van der Waals surface area contributed by atoms with Crippen LogP contribution in [0.25, 0.3) is 0 Å². The molecule has 0 aromatic carbocycles. The monoisotopic (exact) mass is 216 g/mol. The van der Waals surface area contributed by atoms with Crippen LogP contribution in [0.4, 0.5) is 0 Å². The van der Waals surface area contributed by atoms with Crippen molar-refractivity contribution >= 4 is 5.78 Å². The van der Waals surface area contributed by atoms with Gasteiger partial charge in [-0.3, -0.25) is 9.78 Å². The van der Waals surface area contributed by atoms with Crippen molar-refractivity contribution in [2.75, 3.05) is 0 Å². The number of hydrogen-bond acceptors (Lipinski definition) is 3. The zero-order valence-electron chi connectivity index (χ0n) is 9.90. The van der Waals surface area contributed by atoms with E-state index in [1.807, 2.05) is 20.8 Å². The topological polar surface area (TPSA) is 53.8 Å². The zero-order chi connectivity index (χ0) is 12.2. The Kier molecular flexibility index (Phi) is 3.78. The van der Waals surface area contributed by atoms with Crippen LogP contribution >= 0.6 is 0 Å². The van der Waals surface area contributed by atoms with Crippen molar-refractivity contribution in [3.05, 3.63) is 30.1 Å². The van der Waals surface area contributed by atoms with Crippen LogP contribution in [0.5, 0.6) is 0 Å². The molecule has 1 aromatic rings. The Morgan fingerprint density at radius 2 is 2.06 bits per heavy atom. The molecule has 1 heterocycles. The third-order valence-corrected chi connectivity index (χ3v) is 2.98. The van der Waals surface area contributed by atoms with Crippen LogP contribution in [0.3, 0.4) is 0 Å². The van der Waals surface area contributed by atoms with Crippen molar-refractivity contribution in [1.82, 2.24) is 4.98 Å². The van der Waals surface area contributed by atoms with Crippen molar-refractivity contribution in [3.63, 3.8) is 0 Å². The first kappa shape index (κ1) is 12.4. The summed E-state index contributed by atoms with van der Waals surface area (Å²) >= 11 is 0. The number of aromatic nitrogens is 1. The van der Waals surface area contributed by atoms with E-state index in [0.29, 0.717) is 0 Å². The van der Waals surface area contributed by atoms with Crippen LogP contribution in [0, 0.1) is 16.7 Å². The van der Waals surface area contributed by atoms with Crippen molar-refractivity contribution in [3.8, 4) is 6.07 Å². The predicted molar refractivity (Wildman–Crippen MR) is 61.7 cm³/mol. The third kappa shape index (κ3) is 2.46. The molecule has 0 radical (unpaired) electrons. The van der Waals surface area contributed by atoms with Crippen molar-refractivity contribution in [2.45, 2.75) is 33.1 Å². The third-order valence-electron chi connectivity index (χ3n) is 2.98. The summed E-state index contributed by atoms with van der Waals surface area (Å²) < 4.78 is 0. The summed E-state index contributed by atoms with van der Waals surface area (Å²) in [7, 11) is 0. The molecular weight excluding hydrogens is 200 g/mol. The predicted octanol–water partition coefficient (Wildman–Crippen LogP) is 2.69. The normalized spacial score (nSPS) is 12.9. The molecule has 0 bridgehead atoms. The Morgan fingerprint density at radius 1 is 1.50 bits per heavy atom. The van der Waals surface area contributed by atoms with Gasteiger partial charge in [-0.25, -0.2) is 0 Å². The molecule has 0 aliphatic carbocycles. The highest BCUT2D eigenvalue weighted by molar-refractivity contribution is 5.92. The fourth-order valence-electron chi connectivity index (χ4n) is 1.41. The lowest BCUT2D eigenvalue weighted by atomic mass is 9.77. The molecule has 3 heteroatoms. The summed E-state index contributed by atoms with van der Waals surface area (Å²) in [5.74, 6) is -0.707. The highest BCUT2D eigenvalue weighted by atomic mass is 16.1. The Labute approximate surface area is 96.1 Å². The molecule has 3 nitrogen and oxygen atoms in total. The highest BCUT2D eigenvalue weighted by Crippen LogP contribution is 2.29. The maximum atomic E-state index is 12.2. The summed E-state index contributed by atoms with van der Waals surface area (Å²) in [4.78, 5) is 16.1. The number of Topliss-reactive ketones (excluding diaryl/α,β-unsaturated/α-hetero) is 1. The molecule has 0 saturated carbocycles. The molecule has 0 amide bonds. The van der Waals surface area contributed by atoms with Crippen molar-refractivity contribution in [2.24, 2.45) is 5.41 Å². The van der Waals surface area contributed by atoms with Gasteiger partial charge in [0.15, 0.2) is 5.78 Å². The molecular formula is C13H16N2O. The van der Waals surface area contributed by atoms with E-state index >= 15 is 0 Å². The first-order valence-corrected chi connectivity index (χ1v) is 5.36. The number of carbonyl (C=O) groups excluding carboxylic acids is 1. The van der Waals surface area contributed by atoms with Crippen LogP contribution in [0.1, 0.15) is 38.7 Å². The smallest absolute Gasteiger partial charge is 0.160 e. The molecule has 16 heavy (non-hydrogen) atoms. The van der Waals surface area contributed by atoms with Crippen LogP contribution in [0.2, 0.25) is 0 Å². The summed E-state index contributed by atoms with van der Waals surface area (Å²) in [5, 5.41) is 9.12. The lowest BCUT2D eigenvalue weighted by molar-refractivity contribution is -0.127. The number of nitriles is 1. The van der Waals surface area contributed by atoms with Gasteiger partial charge in [0.25, 0.3) is 0 Å². The second-order valence-corrected chi connectivity index (χ2v) is 4.44. The molecule has 0 aliphatic rings. The lowest BCUT2D eigenvalue weighted by Crippen LogP contribution is -2.28. The summed E-state index contributed by atoms with van der Waals surface area (Å²) in [6.07, 6.45) is 3.94. The van der Waals surface area contributed by atoms with Gasteiger partial charge in [0, 0.05) is 17.8 Å². The summed E-state index contributed by atoms with van der Waals surface area (Å²) in [6, 6.07) is 5.52. The SMILES string of the molecule is CCC(C)(C)C(=O)C(C#N)c1ccncc1. The Hall–Kier alpha value is -1.69. The molecule has 1 atom stereocenters. The van der Waals surface area contributed by atoms with E-state index in [1.54, 1.807) is 24.5 Å². The number of rotatable bonds is 4. The van der Waals surface area contributed by atoms with Gasteiger partial charge in [0.05, 0.1) is 6.07 Å². The average Bonchev–Trinajstić information content (AvgIpc) is 2.31. The minimum absolute atomic E-state index is 0.0244. The number of pyridine rings is 1. The summed E-state index contributed by atoms with van der Waals surface area (Å²) in [5.41, 5.74) is 0.271. The van der Waals surface area contributed by atoms with Gasteiger partial charge in [0.1, 0.15) is 5.92 Å². The number of nitrogens with zero attached hydrogens (tertiary/aromatic N) is 2. The maximum absolute atomic E-state index is 12.2. The van der Waals surface area contributed by atoms with Crippen LogP contribution in [0.15, 0.2) is 24.5 Å². The van der Waals surface area contributed by atoms with Crippen molar-refractivity contribution < 1.29 is 4.79 Å². The fraction of sp³-hybridized carbons (Fsp3) is 0.462. The first-order valence-electron chi connectivity index (χ1n) is 5.36. The second kappa shape index (κ2) is 4.89. The fourth-order valence-corrected chi connectivity index (χ4v) is 1.41. The van der Waals surface area contributed by atoms with Crippen LogP contribution in [-0.4, -0.2) is 10.8 Å². The van der Waals surface area contributed by atoms with Gasteiger partial charge < -0.3 is 0 Å². The molecule has 1 aromatic heterocycles. The Balaban J connectivity index is 3.03. The number of carbonyl (C=O) groups is 1. The number of ketones is 1. The van der Waals surface area contributed by atoms with Gasteiger partial charge in [-0.15, -0.1) is 0 Å².